The average molecular weight is 316 g/mol. The standard InChI is InChI=1S/C18H24N2O3/c1-18(2,22)15-8-5-9-20(15)16(21)10-12-11-19-13-6-4-7-14(23-3)17(12)13/h4,6-7,11,15,19,22H,5,8-10H2,1-3H3. The fourth-order valence-corrected chi connectivity index (χ4v) is 3.59. The van der Waals surface area contributed by atoms with E-state index in [4.69, 9.17) is 4.74 Å². The van der Waals surface area contributed by atoms with Gasteiger partial charge in [-0.1, -0.05) is 6.07 Å². The molecule has 0 spiro atoms. The minimum absolute atomic E-state index is 0.0569. The van der Waals surface area contributed by atoms with Crippen molar-refractivity contribution < 1.29 is 14.6 Å². The summed E-state index contributed by atoms with van der Waals surface area (Å²) in [6, 6.07) is 5.69. The van der Waals surface area contributed by atoms with Crippen molar-refractivity contribution in [3.63, 3.8) is 0 Å². The Kier molecular flexibility index (Phi) is 4.06. The van der Waals surface area contributed by atoms with Gasteiger partial charge in [-0.2, -0.15) is 0 Å². The van der Waals surface area contributed by atoms with Gasteiger partial charge in [0.2, 0.25) is 5.91 Å². The Labute approximate surface area is 136 Å². The van der Waals surface area contributed by atoms with Crippen LogP contribution in [0.4, 0.5) is 0 Å². The Bertz CT molecular complexity index is 715. The molecule has 0 radical (unpaired) electrons. The first-order valence-corrected chi connectivity index (χ1v) is 8.06. The second-order valence-electron chi connectivity index (χ2n) is 6.77. The number of hydrogen-bond donors (Lipinski definition) is 2. The number of nitrogens with zero attached hydrogens (tertiary/aromatic N) is 1. The summed E-state index contributed by atoms with van der Waals surface area (Å²) >= 11 is 0. The lowest BCUT2D eigenvalue weighted by atomic mass is 9.96. The van der Waals surface area contributed by atoms with Crippen LogP contribution < -0.4 is 4.74 Å². The summed E-state index contributed by atoms with van der Waals surface area (Å²) < 4.78 is 5.42. The van der Waals surface area contributed by atoms with Gasteiger partial charge in [0.15, 0.2) is 0 Å². The van der Waals surface area contributed by atoms with Gasteiger partial charge < -0.3 is 19.7 Å². The molecule has 1 aromatic heterocycles. The van der Waals surface area contributed by atoms with Gasteiger partial charge in [0.1, 0.15) is 5.75 Å². The molecule has 1 saturated heterocycles. The molecule has 1 aliphatic heterocycles. The van der Waals surface area contributed by atoms with Gasteiger partial charge in [-0.05, 0) is 44.4 Å². The van der Waals surface area contributed by atoms with Crippen LogP contribution in [0, 0.1) is 0 Å². The van der Waals surface area contributed by atoms with Crippen molar-refractivity contribution in [1.29, 1.82) is 0 Å². The van der Waals surface area contributed by atoms with Crippen LogP contribution in [0.5, 0.6) is 5.75 Å². The Morgan fingerprint density at radius 2 is 2.26 bits per heavy atom. The molecule has 23 heavy (non-hydrogen) atoms. The third-order valence-electron chi connectivity index (χ3n) is 4.70. The number of nitrogens with one attached hydrogen (secondary N) is 1. The van der Waals surface area contributed by atoms with E-state index in [1.165, 1.54) is 0 Å². The van der Waals surface area contributed by atoms with Crippen LogP contribution in [-0.2, 0) is 11.2 Å². The van der Waals surface area contributed by atoms with Crippen molar-refractivity contribution in [2.75, 3.05) is 13.7 Å². The van der Waals surface area contributed by atoms with Crippen molar-refractivity contribution in [3.05, 3.63) is 30.0 Å². The highest BCUT2D eigenvalue weighted by Crippen LogP contribution is 2.31. The molecule has 0 aliphatic carbocycles. The number of fused-ring (bicyclic) bond motifs is 1. The Balaban J connectivity index is 1.86. The summed E-state index contributed by atoms with van der Waals surface area (Å²) in [5.41, 5.74) is 1.03. The largest absolute Gasteiger partial charge is 0.496 e. The maximum Gasteiger partial charge on any atom is 0.227 e. The van der Waals surface area contributed by atoms with Gasteiger partial charge in [-0.25, -0.2) is 0 Å². The highest BCUT2D eigenvalue weighted by molar-refractivity contribution is 5.93. The Morgan fingerprint density at radius 3 is 2.96 bits per heavy atom. The fourth-order valence-electron chi connectivity index (χ4n) is 3.59. The van der Waals surface area contributed by atoms with Crippen LogP contribution >= 0.6 is 0 Å². The first-order chi connectivity index (χ1) is 10.9. The highest BCUT2D eigenvalue weighted by atomic mass is 16.5. The topological polar surface area (TPSA) is 65.6 Å². The highest BCUT2D eigenvalue weighted by Gasteiger charge is 2.38. The normalized spacial score (nSPS) is 18.6. The van der Waals surface area contributed by atoms with Crippen molar-refractivity contribution in [1.82, 2.24) is 9.88 Å². The van der Waals surface area contributed by atoms with Gasteiger partial charge in [-0.3, -0.25) is 4.79 Å². The predicted octanol–water partition coefficient (Wildman–Crippen LogP) is 2.48. The zero-order valence-corrected chi connectivity index (χ0v) is 13.9. The lowest BCUT2D eigenvalue weighted by molar-refractivity contribution is -0.135. The molecule has 2 heterocycles. The third kappa shape index (κ3) is 2.93. The van der Waals surface area contributed by atoms with Crippen LogP contribution in [0.2, 0.25) is 0 Å². The molecule has 1 unspecified atom stereocenters. The van der Waals surface area contributed by atoms with Gasteiger partial charge >= 0.3 is 0 Å². The summed E-state index contributed by atoms with van der Waals surface area (Å²) in [5.74, 6) is 0.827. The molecule has 1 fully saturated rings. The van der Waals surface area contributed by atoms with E-state index in [1.807, 2.05) is 29.3 Å². The molecule has 1 amide bonds. The number of carbonyl (C=O) groups excluding carboxylic acids is 1. The Morgan fingerprint density at radius 1 is 1.48 bits per heavy atom. The van der Waals surface area contributed by atoms with E-state index in [1.54, 1.807) is 21.0 Å². The maximum absolute atomic E-state index is 12.8. The molecular formula is C18H24N2O3. The van der Waals surface area contributed by atoms with E-state index in [9.17, 15) is 9.90 Å². The molecular weight excluding hydrogens is 292 g/mol. The number of carbonyl (C=O) groups is 1. The number of amides is 1. The van der Waals surface area contributed by atoms with E-state index in [0.717, 1.165) is 35.1 Å². The molecule has 0 saturated carbocycles. The van der Waals surface area contributed by atoms with Gasteiger partial charge in [0.25, 0.3) is 0 Å². The number of aromatic nitrogens is 1. The number of aliphatic hydroxyl groups is 1. The predicted molar refractivity (Wildman–Crippen MR) is 89.6 cm³/mol. The minimum Gasteiger partial charge on any atom is -0.496 e. The second kappa shape index (κ2) is 5.89. The summed E-state index contributed by atoms with van der Waals surface area (Å²) in [5, 5.41) is 11.3. The van der Waals surface area contributed by atoms with Crippen molar-refractivity contribution in [2.45, 2.75) is 44.8 Å². The summed E-state index contributed by atoms with van der Waals surface area (Å²) in [4.78, 5) is 17.8. The van der Waals surface area contributed by atoms with Crippen LogP contribution in [0.15, 0.2) is 24.4 Å². The Hall–Kier alpha value is -2.01. The summed E-state index contributed by atoms with van der Waals surface area (Å²) in [7, 11) is 1.64. The average Bonchev–Trinajstić information content (AvgIpc) is 3.13. The number of likely N-dealkylation sites (tertiary alicyclic amines) is 1. The van der Waals surface area contributed by atoms with Crippen LogP contribution in [-0.4, -0.2) is 46.2 Å². The number of aromatic amines is 1. The fraction of sp³-hybridized carbons (Fsp3) is 0.500. The molecule has 0 bridgehead atoms. The molecule has 2 N–H and O–H groups in total. The van der Waals surface area contributed by atoms with Crippen LogP contribution in [0.25, 0.3) is 10.9 Å². The van der Waals surface area contributed by atoms with Gasteiger partial charge in [-0.15, -0.1) is 0 Å². The zero-order valence-electron chi connectivity index (χ0n) is 13.9. The monoisotopic (exact) mass is 316 g/mol. The van der Waals surface area contributed by atoms with Crippen molar-refractivity contribution in [3.8, 4) is 5.75 Å². The summed E-state index contributed by atoms with van der Waals surface area (Å²) in [6.45, 7) is 4.27. The van der Waals surface area contributed by atoms with Crippen molar-refractivity contribution >= 4 is 16.8 Å². The molecule has 5 nitrogen and oxygen atoms in total. The number of rotatable bonds is 4. The van der Waals surface area contributed by atoms with E-state index >= 15 is 0 Å². The first kappa shape index (κ1) is 15.9. The van der Waals surface area contributed by atoms with E-state index < -0.39 is 5.60 Å². The third-order valence-corrected chi connectivity index (χ3v) is 4.70. The molecule has 5 heteroatoms. The SMILES string of the molecule is COc1cccc2[nH]cc(CC(=O)N3CCCC3C(C)(C)O)c12. The minimum atomic E-state index is -0.871. The van der Waals surface area contributed by atoms with Crippen LogP contribution in [0.3, 0.4) is 0 Å². The molecule has 3 rings (SSSR count). The lowest BCUT2D eigenvalue weighted by Crippen LogP contribution is -2.48. The molecule has 1 atom stereocenters. The second-order valence-corrected chi connectivity index (χ2v) is 6.77. The van der Waals surface area contributed by atoms with E-state index in [0.29, 0.717) is 13.0 Å². The molecule has 1 aliphatic rings. The number of methoxy groups -OCH3 is 1. The number of benzene rings is 1. The summed E-state index contributed by atoms with van der Waals surface area (Å²) in [6.07, 6.45) is 3.98. The lowest BCUT2D eigenvalue weighted by Gasteiger charge is -2.33. The number of hydrogen-bond acceptors (Lipinski definition) is 3. The maximum atomic E-state index is 12.8. The number of H-pyrrole nitrogens is 1. The van der Waals surface area contributed by atoms with E-state index in [-0.39, 0.29) is 11.9 Å². The van der Waals surface area contributed by atoms with Crippen LogP contribution in [0.1, 0.15) is 32.3 Å². The quantitative estimate of drug-likeness (QED) is 0.911. The zero-order chi connectivity index (χ0) is 16.6. The molecule has 124 valence electrons. The smallest absolute Gasteiger partial charge is 0.227 e. The first-order valence-electron chi connectivity index (χ1n) is 8.06. The molecule has 2 aromatic rings. The van der Waals surface area contributed by atoms with Gasteiger partial charge in [0, 0.05) is 23.6 Å². The number of ether oxygens (including phenoxy) is 1. The molecule has 1 aromatic carbocycles. The van der Waals surface area contributed by atoms with Gasteiger partial charge in [0.05, 0.1) is 25.2 Å². The van der Waals surface area contributed by atoms with Crippen molar-refractivity contribution in [2.24, 2.45) is 0 Å². The van der Waals surface area contributed by atoms with E-state index in [2.05, 4.69) is 4.98 Å².